The van der Waals surface area contributed by atoms with E-state index in [9.17, 15) is 4.79 Å². The van der Waals surface area contributed by atoms with Gasteiger partial charge in [0.05, 0.1) is 5.69 Å². The van der Waals surface area contributed by atoms with Gasteiger partial charge >= 0.3 is 5.97 Å². The lowest BCUT2D eigenvalue weighted by Gasteiger charge is -2.03. The molecule has 0 fully saturated rings. The minimum Gasteiger partial charge on any atom is -0.478 e. The van der Waals surface area contributed by atoms with Gasteiger partial charge in [0.15, 0.2) is 0 Å². The summed E-state index contributed by atoms with van der Waals surface area (Å²) >= 11 is 0. The van der Waals surface area contributed by atoms with Crippen molar-refractivity contribution >= 4 is 11.5 Å². The van der Waals surface area contributed by atoms with Crippen LogP contribution in [0.4, 0.5) is 0 Å². The summed E-state index contributed by atoms with van der Waals surface area (Å²) in [6.07, 6.45) is 7.66. The van der Waals surface area contributed by atoms with Crippen molar-refractivity contribution in [2.24, 2.45) is 0 Å². The molecule has 0 saturated carbocycles. The van der Waals surface area contributed by atoms with Gasteiger partial charge in [0.25, 0.3) is 0 Å². The maximum Gasteiger partial charge on any atom is 0.339 e. The fourth-order valence-corrected chi connectivity index (χ4v) is 1.07. The van der Waals surface area contributed by atoms with E-state index in [4.69, 9.17) is 5.11 Å². The van der Waals surface area contributed by atoms with Crippen LogP contribution >= 0.6 is 0 Å². The summed E-state index contributed by atoms with van der Waals surface area (Å²) < 4.78 is 0. The second kappa shape index (κ2) is 12.2. The molecule has 19 heavy (non-hydrogen) atoms. The smallest absolute Gasteiger partial charge is 0.339 e. The number of carbonyl (C=O) groups is 1. The Balaban J connectivity index is 0. The maximum absolute atomic E-state index is 10.8. The number of allylic oxidation sites excluding steroid dienone is 4. The SMILES string of the molecule is C=C/C(=C\C)c1ncncc1C(=O)O.C=CC.CC. The Hall–Kier alpha value is -2.23. The summed E-state index contributed by atoms with van der Waals surface area (Å²) in [7, 11) is 0. The van der Waals surface area contributed by atoms with Crippen LogP contribution in [0, 0.1) is 0 Å². The predicted octanol–water partition coefficient (Wildman–Crippen LogP) is 3.98. The average Bonchev–Trinajstić information content (AvgIpc) is 2.44. The molecule has 0 bridgehead atoms. The molecule has 1 N–H and O–H groups in total. The minimum atomic E-state index is -1.04. The molecule has 1 aromatic heterocycles. The molecule has 104 valence electrons. The van der Waals surface area contributed by atoms with Crippen molar-refractivity contribution in [1.82, 2.24) is 9.97 Å². The third-order valence-electron chi connectivity index (χ3n) is 1.75. The molecule has 0 atom stereocenters. The first-order valence-corrected chi connectivity index (χ1v) is 6.01. The third-order valence-corrected chi connectivity index (χ3v) is 1.75. The average molecular weight is 262 g/mol. The Morgan fingerprint density at radius 2 is 1.84 bits per heavy atom. The predicted molar refractivity (Wildman–Crippen MR) is 80.1 cm³/mol. The van der Waals surface area contributed by atoms with E-state index in [1.165, 1.54) is 12.5 Å². The Kier molecular flexibility index (Phi) is 12.3. The molecule has 1 aromatic rings. The molecule has 0 aromatic carbocycles. The fraction of sp³-hybridized carbons (Fsp3) is 0.267. The normalized spacial score (nSPS) is 9.16. The molecule has 0 amide bonds. The zero-order valence-corrected chi connectivity index (χ0v) is 12.1. The second-order valence-electron chi connectivity index (χ2n) is 2.95. The summed E-state index contributed by atoms with van der Waals surface area (Å²) in [6, 6.07) is 0. The van der Waals surface area contributed by atoms with Crippen LogP contribution in [0.3, 0.4) is 0 Å². The molecular formula is C15H22N2O2. The summed E-state index contributed by atoms with van der Waals surface area (Å²) in [5.74, 6) is -1.04. The molecule has 1 heterocycles. The molecule has 0 saturated heterocycles. The van der Waals surface area contributed by atoms with Crippen LogP contribution in [-0.2, 0) is 0 Å². The zero-order chi connectivity index (χ0) is 15.3. The lowest BCUT2D eigenvalue weighted by molar-refractivity contribution is 0.0695. The van der Waals surface area contributed by atoms with Crippen molar-refractivity contribution in [3.8, 4) is 0 Å². The third kappa shape index (κ3) is 6.93. The van der Waals surface area contributed by atoms with Crippen LogP contribution in [0.25, 0.3) is 5.57 Å². The van der Waals surface area contributed by atoms with Gasteiger partial charge in [-0.15, -0.1) is 6.58 Å². The second-order valence-corrected chi connectivity index (χ2v) is 2.95. The molecule has 1 rings (SSSR count). The van der Waals surface area contributed by atoms with Crippen LogP contribution in [0.15, 0.2) is 43.9 Å². The van der Waals surface area contributed by atoms with Crippen LogP contribution in [0.2, 0.25) is 0 Å². The summed E-state index contributed by atoms with van der Waals surface area (Å²) in [5.41, 5.74) is 1.16. The summed E-state index contributed by atoms with van der Waals surface area (Å²) in [4.78, 5) is 18.4. The van der Waals surface area contributed by atoms with E-state index >= 15 is 0 Å². The lowest BCUT2D eigenvalue weighted by Crippen LogP contribution is -2.04. The monoisotopic (exact) mass is 262 g/mol. The number of carboxylic acids is 1. The molecule has 0 radical (unpaired) electrons. The van der Waals surface area contributed by atoms with E-state index < -0.39 is 5.97 Å². The van der Waals surface area contributed by atoms with E-state index in [1.807, 2.05) is 20.8 Å². The van der Waals surface area contributed by atoms with Crippen molar-refractivity contribution in [3.63, 3.8) is 0 Å². The van der Waals surface area contributed by atoms with Crippen LogP contribution < -0.4 is 0 Å². The molecule has 4 heteroatoms. The van der Waals surface area contributed by atoms with Gasteiger partial charge in [0, 0.05) is 6.20 Å². The van der Waals surface area contributed by atoms with Crippen LogP contribution in [0.1, 0.15) is 43.7 Å². The van der Waals surface area contributed by atoms with Gasteiger partial charge in [-0.05, 0) is 19.4 Å². The van der Waals surface area contributed by atoms with E-state index in [-0.39, 0.29) is 5.56 Å². The summed E-state index contributed by atoms with van der Waals surface area (Å²) in [6.45, 7) is 14.6. The zero-order valence-electron chi connectivity index (χ0n) is 12.1. The molecular weight excluding hydrogens is 240 g/mol. The number of aromatic nitrogens is 2. The van der Waals surface area contributed by atoms with Gasteiger partial charge in [-0.1, -0.05) is 38.7 Å². The quantitative estimate of drug-likeness (QED) is 0.661. The highest BCUT2D eigenvalue weighted by Crippen LogP contribution is 2.16. The van der Waals surface area contributed by atoms with Crippen molar-refractivity contribution in [2.75, 3.05) is 0 Å². The van der Waals surface area contributed by atoms with E-state index in [0.29, 0.717) is 11.3 Å². The molecule has 4 nitrogen and oxygen atoms in total. The maximum atomic E-state index is 10.8. The van der Waals surface area contributed by atoms with Gasteiger partial charge in [-0.3, -0.25) is 0 Å². The fourth-order valence-electron chi connectivity index (χ4n) is 1.07. The van der Waals surface area contributed by atoms with E-state index in [0.717, 1.165) is 0 Å². The van der Waals surface area contributed by atoms with Crippen molar-refractivity contribution < 1.29 is 9.90 Å². The lowest BCUT2D eigenvalue weighted by atomic mass is 10.1. The summed E-state index contributed by atoms with van der Waals surface area (Å²) in [5, 5.41) is 8.86. The highest BCUT2D eigenvalue weighted by Gasteiger charge is 2.12. The number of hydrogen-bond acceptors (Lipinski definition) is 3. The standard InChI is InChI=1S/C10H10N2O2.C3H6.C2H6/c1-3-7(4-2)9-8(10(13)14)5-11-6-12-9;1-3-2;1-2/h3-6H,1H2,2H3,(H,13,14);3H,1H2,2H3;1-2H3/b7-4+;;. The van der Waals surface area contributed by atoms with Gasteiger partial charge in [-0.25, -0.2) is 14.8 Å². The molecule has 0 aliphatic rings. The number of nitrogens with zero attached hydrogens (tertiary/aromatic N) is 2. The van der Waals surface area contributed by atoms with Gasteiger partial charge in [0.1, 0.15) is 11.9 Å². The highest BCUT2D eigenvalue weighted by atomic mass is 16.4. The van der Waals surface area contributed by atoms with Gasteiger partial charge < -0.3 is 5.11 Å². The highest BCUT2D eigenvalue weighted by molar-refractivity contribution is 5.94. The van der Waals surface area contributed by atoms with Crippen molar-refractivity contribution in [1.29, 1.82) is 0 Å². The van der Waals surface area contributed by atoms with Gasteiger partial charge in [-0.2, -0.15) is 0 Å². The first kappa shape index (κ1) is 19.1. The van der Waals surface area contributed by atoms with Crippen molar-refractivity contribution in [3.05, 3.63) is 55.2 Å². The number of aromatic carboxylic acids is 1. The van der Waals surface area contributed by atoms with Crippen molar-refractivity contribution in [2.45, 2.75) is 27.7 Å². The number of rotatable bonds is 3. The Morgan fingerprint density at radius 1 is 1.32 bits per heavy atom. The Bertz CT molecular complexity index is 438. The first-order chi connectivity index (χ1) is 9.12. The van der Waals surface area contributed by atoms with E-state index in [2.05, 4.69) is 23.1 Å². The van der Waals surface area contributed by atoms with Crippen LogP contribution in [-0.4, -0.2) is 21.0 Å². The number of hydrogen-bond donors (Lipinski definition) is 1. The molecule has 0 aliphatic carbocycles. The first-order valence-electron chi connectivity index (χ1n) is 6.01. The molecule has 0 aliphatic heterocycles. The Labute approximate surface area is 115 Å². The van der Waals surface area contributed by atoms with E-state index in [1.54, 1.807) is 25.2 Å². The largest absolute Gasteiger partial charge is 0.478 e. The minimum absolute atomic E-state index is 0.0838. The molecule has 0 unspecified atom stereocenters. The van der Waals surface area contributed by atoms with Crippen LogP contribution in [0.5, 0.6) is 0 Å². The van der Waals surface area contributed by atoms with Gasteiger partial charge in [0.2, 0.25) is 0 Å². The number of carboxylic acid groups (broad SMARTS) is 1. The molecule has 0 spiro atoms. The Morgan fingerprint density at radius 3 is 2.21 bits per heavy atom. The topological polar surface area (TPSA) is 63.1 Å².